The van der Waals surface area contributed by atoms with Gasteiger partial charge in [-0.25, -0.2) is 15.0 Å². The van der Waals surface area contributed by atoms with Gasteiger partial charge in [0.2, 0.25) is 0 Å². The van der Waals surface area contributed by atoms with Gasteiger partial charge < -0.3 is 5.32 Å². The molecule has 10 heteroatoms. The molecule has 0 atom stereocenters. The van der Waals surface area contributed by atoms with Crippen molar-refractivity contribution in [2.75, 3.05) is 10.6 Å². The largest absolute Gasteiger partial charge is 0.416 e. The third-order valence-electron chi connectivity index (χ3n) is 5.90. The van der Waals surface area contributed by atoms with Crippen LogP contribution in [0.3, 0.4) is 0 Å². The first-order valence-electron chi connectivity index (χ1n) is 11.4. The number of rotatable bonds is 5. The highest BCUT2D eigenvalue weighted by atomic mass is 32.1. The number of nitrogens with zero attached hydrogens (tertiary/aromatic N) is 3. The molecule has 0 unspecified atom stereocenters. The second-order valence-corrected chi connectivity index (χ2v) is 9.67. The zero-order chi connectivity index (χ0) is 25.3. The molecule has 1 aliphatic carbocycles. The summed E-state index contributed by atoms with van der Waals surface area (Å²) in [4.78, 5) is 26.3. The summed E-state index contributed by atoms with van der Waals surface area (Å²) in [5, 5.41) is 6.13. The van der Waals surface area contributed by atoms with Gasteiger partial charge in [0.25, 0.3) is 5.91 Å². The average Bonchev–Trinajstić information content (AvgIpc) is 3.31. The fourth-order valence-electron chi connectivity index (χ4n) is 4.16. The SMILES string of the molecule is Cc1cc(Nc2cc(C(F)(F)F)ccn2)nc(-c2cnc(NC(=O)c3ccc4c(c3)CCCC4)s2)c1. The van der Waals surface area contributed by atoms with E-state index in [2.05, 4.69) is 25.6 Å². The zero-order valence-electron chi connectivity index (χ0n) is 19.3. The predicted molar refractivity (Wildman–Crippen MR) is 134 cm³/mol. The Morgan fingerprint density at radius 2 is 1.78 bits per heavy atom. The van der Waals surface area contributed by atoms with Gasteiger partial charge in [0, 0.05) is 18.0 Å². The summed E-state index contributed by atoms with van der Waals surface area (Å²) in [7, 11) is 0. The van der Waals surface area contributed by atoms with Gasteiger partial charge in [-0.05, 0) is 85.7 Å². The van der Waals surface area contributed by atoms with Gasteiger partial charge in [-0.2, -0.15) is 13.2 Å². The summed E-state index contributed by atoms with van der Waals surface area (Å²) in [6, 6.07) is 11.2. The summed E-state index contributed by atoms with van der Waals surface area (Å²) < 4.78 is 39.1. The van der Waals surface area contributed by atoms with E-state index in [0.29, 0.717) is 27.1 Å². The van der Waals surface area contributed by atoms with Crippen molar-refractivity contribution >= 4 is 34.0 Å². The van der Waals surface area contributed by atoms with E-state index in [1.807, 2.05) is 31.2 Å². The lowest BCUT2D eigenvalue weighted by Gasteiger charge is -2.16. The molecule has 0 fully saturated rings. The maximum Gasteiger partial charge on any atom is 0.416 e. The number of aromatic nitrogens is 3. The molecule has 6 nitrogen and oxygen atoms in total. The number of benzene rings is 1. The van der Waals surface area contributed by atoms with Crippen LogP contribution in [0.5, 0.6) is 0 Å². The molecule has 3 heterocycles. The lowest BCUT2D eigenvalue weighted by molar-refractivity contribution is -0.137. The Morgan fingerprint density at radius 3 is 2.58 bits per heavy atom. The van der Waals surface area contributed by atoms with Gasteiger partial charge in [0.1, 0.15) is 11.6 Å². The van der Waals surface area contributed by atoms with Crippen LogP contribution in [0.25, 0.3) is 10.6 Å². The van der Waals surface area contributed by atoms with Crippen LogP contribution in [0.1, 0.15) is 45.5 Å². The zero-order valence-corrected chi connectivity index (χ0v) is 20.1. The summed E-state index contributed by atoms with van der Waals surface area (Å²) >= 11 is 1.27. The number of amides is 1. The molecule has 1 aliphatic rings. The van der Waals surface area contributed by atoms with Gasteiger partial charge >= 0.3 is 6.18 Å². The smallest absolute Gasteiger partial charge is 0.325 e. The molecule has 2 N–H and O–H groups in total. The second-order valence-electron chi connectivity index (χ2n) is 8.64. The van der Waals surface area contributed by atoms with Crippen LogP contribution in [0.2, 0.25) is 0 Å². The standard InChI is InChI=1S/C26H22F3N5OS/c1-15-10-20(32-23(11-15)33-22-13-19(8-9-30-22)26(27,28)29)21-14-31-25(36-21)34-24(35)18-7-6-16-4-2-3-5-17(16)12-18/h6-14H,2-5H2,1H3,(H,30,32,33)(H,31,34,35). The normalized spacial score (nSPS) is 13.2. The number of hydrogen-bond donors (Lipinski definition) is 2. The van der Waals surface area contributed by atoms with Gasteiger partial charge in [-0.3, -0.25) is 10.1 Å². The van der Waals surface area contributed by atoms with E-state index >= 15 is 0 Å². The molecule has 184 valence electrons. The Kier molecular flexibility index (Phi) is 6.44. The summed E-state index contributed by atoms with van der Waals surface area (Å²) in [6.07, 6.45) is 2.61. The van der Waals surface area contributed by atoms with Crippen LogP contribution >= 0.6 is 11.3 Å². The molecule has 3 aromatic heterocycles. The first-order valence-corrected chi connectivity index (χ1v) is 12.2. The third kappa shape index (κ3) is 5.38. The predicted octanol–water partition coefficient (Wildman–Crippen LogP) is 6.80. The Labute approximate surface area is 209 Å². The van der Waals surface area contributed by atoms with E-state index in [4.69, 9.17) is 0 Å². The van der Waals surface area contributed by atoms with E-state index in [0.717, 1.165) is 43.2 Å². The van der Waals surface area contributed by atoms with E-state index in [-0.39, 0.29) is 11.7 Å². The summed E-state index contributed by atoms with van der Waals surface area (Å²) in [5.41, 5.74) is 3.77. The first-order chi connectivity index (χ1) is 17.2. The van der Waals surface area contributed by atoms with Crippen LogP contribution in [-0.2, 0) is 19.0 Å². The van der Waals surface area contributed by atoms with Crippen LogP contribution < -0.4 is 10.6 Å². The van der Waals surface area contributed by atoms with Crippen molar-refractivity contribution in [3.8, 4) is 10.6 Å². The number of alkyl halides is 3. The monoisotopic (exact) mass is 509 g/mol. The van der Waals surface area contributed by atoms with Crippen molar-refractivity contribution in [2.24, 2.45) is 0 Å². The van der Waals surface area contributed by atoms with Gasteiger partial charge in [-0.1, -0.05) is 17.4 Å². The molecule has 0 spiro atoms. The average molecular weight is 510 g/mol. The number of carbonyl (C=O) groups is 1. The van der Waals surface area contributed by atoms with Gasteiger partial charge in [0.15, 0.2) is 5.13 Å². The third-order valence-corrected chi connectivity index (χ3v) is 6.84. The van der Waals surface area contributed by atoms with Crippen LogP contribution in [0, 0.1) is 6.92 Å². The molecule has 0 saturated carbocycles. The number of fused-ring (bicyclic) bond motifs is 1. The van der Waals surface area contributed by atoms with E-state index in [9.17, 15) is 18.0 Å². The molecule has 4 aromatic rings. The molecule has 1 aromatic carbocycles. The summed E-state index contributed by atoms with van der Waals surface area (Å²) in [6.45, 7) is 1.86. The second kappa shape index (κ2) is 9.69. The Bertz CT molecular complexity index is 1430. The summed E-state index contributed by atoms with van der Waals surface area (Å²) in [5.74, 6) is 0.167. The lowest BCUT2D eigenvalue weighted by atomic mass is 9.90. The quantitative estimate of drug-likeness (QED) is 0.309. The molecule has 1 amide bonds. The fraction of sp³-hybridized carbons (Fsp3) is 0.231. The molecule has 0 aliphatic heterocycles. The maximum atomic E-state index is 13.0. The highest BCUT2D eigenvalue weighted by molar-refractivity contribution is 7.19. The molecule has 0 bridgehead atoms. The lowest BCUT2D eigenvalue weighted by Crippen LogP contribution is -2.13. The minimum absolute atomic E-state index is 0.0381. The van der Waals surface area contributed by atoms with Crippen LogP contribution in [0.15, 0.2) is 54.9 Å². The molecule has 0 radical (unpaired) electrons. The van der Waals surface area contributed by atoms with E-state index in [1.54, 1.807) is 12.3 Å². The number of thiazole rings is 1. The Hall–Kier alpha value is -3.79. The number of nitrogens with one attached hydrogen (secondary N) is 2. The number of halogens is 3. The van der Waals surface area contributed by atoms with Crippen LogP contribution in [0.4, 0.5) is 29.9 Å². The Morgan fingerprint density at radius 1 is 0.972 bits per heavy atom. The van der Waals surface area contributed by atoms with Crippen molar-refractivity contribution < 1.29 is 18.0 Å². The number of pyridine rings is 2. The number of hydrogen-bond acceptors (Lipinski definition) is 6. The molecule has 36 heavy (non-hydrogen) atoms. The Balaban J connectivity index is 1.32. The van der Waals surface area contributed by atoms with Crippen molar-refractivity contribution in [3.63, 3.8) is 0 Å². The first kappa shape index (κ1) is 23.9. The topological polar surface area (TPSA) is 79.8 Å². The van der Waals surface area contributed by atoms with Gasteiger partial charge in [0.05, 0.1) is 16.1 Å². The highest BCUT2D eigenvalue weighted by Gasteiger charge is 2.30. The van der Waals surface area contributed by atoms with E-state index < -0.39 is 11.7 Å². The highest BCUT2D eigenvalue weighted by Crippen LogP contribution is 2.32. The fourth-order valence-corrected chi connectivity index (χ4v) is 4.93. The van der Waals surface area contributed by atoms with Crippen LogP contribution in [-0.4, -0.2) is 20.9 Å². The van der Waals surface area contributed by atoms with E-state index in [1.165, 1.54) is 28.9 Å². The molecule has 0 saturated heterocycles. The number of anilines is 3. The maximum absolute atomic E-state index is 13.0. The van der Waals surface area contributed by atoms with Crippen molar-refractivity contribution in [1.82, 2.24) is 15.0 Å². The number of carbonyl (C=O) groups excluding carboxylic acids is 1. The molecular weight excluding hydrogens is 487 g/mol. The minimum atomic E-state index is -4.47. The molecule has 5 rings (SSSR count). The van der Waals surface area contributed by atoms with Crippen molar-refractivity contribution in [2.45, 2.75) is 38.8 Å². The van der Waals surface area contributed by atoms with Crippen molar-refractivity contribution in [1.29, 1.82) is 0 Å². The minimum Gasteiger partial charge on any atom is -0.325 e. The van der Waals surface area contributed by atoms with Gasteiger partial charge in [-0.15, -0.1) is 0 Å². The van der Waals surface area contributed by atoms with Crippen molar-refractivity contribution in [3.05, 3.63) is 82.7 Å². The number of aryl methyl sites for hydroxylation is 3. The molecular formula is C26H22F3N5OS.